The smallest absolute Gasteiger partial charge is 0.191 e. The highest BCUT2D eigenvalue weighted by atomic mass is 32.1. The topological polar surface area (TPSA) is 48.9 Å². The minimum atomic E-state index is 0.427. The molecule has 2 rings (SSSR count). The van der Waals surface area contributed by atoms with Gasteiger partial charge in [-0.2, -0.15) is 5.10 Å². The van der Waals surface area contributed by atoms with Crippen molar-refractivity contribution in [2.75, 3.05) is 31.4 Å². The maximum Gasteiger partial charge on any atom is 0.191 e. The van der Waals surface area contributed by atoms with Crippen LogP contribution in [-0.4, -0.2) is 32.5 Å². The van der Waals surface area contributed by atoms with Crippen molar-refractivity contribution in [1.29, 1.82) is 0 Å². The van der Waals surface area contributed by atoms with Gasteiger partial charge in [-0.05, 0) is 54.2 Å². The number of hydrogen-bond donors (Lipinski definition) is 2. The van der Waals surface area contributed by atoms with Crippen molar-refractivity contribution in [2.24, 2.45) is 5.10 Å². The first-order valence-electron chi connectivity index (χ1n) is 7.10. The van der Waals surface area contributed by atoms with Crippen molar-refractivity contribution in [3.63, 3.8) is 0 Å². The Kier molecular flexibility index (Phi) is 5.94. The first-order valence-corrected chi connectivity index (χ1v) is 7.51. The Morgan fingerprint density at radius 2 is 1.74 bits per heavy atom. The first kappa shape index (κ1) is 16.8. The lowest BCUT2D eigenvalue weighted by Gasteiger charge is -2.11. The van der Waals surface area contributed by atoms with E-state index in [1.807, 2.05) is 67.5 Å². The lowest BCUT2D eigenvalue weighted by atomic mass is 10.2. The average molecular weight is 328 g/mol. The van der Waals surface area contributed by atoms with Crippen molar-refractivity contribution < 1.29 is 4.74 Å². The molecule has 6 heteroatoms. The van der Waals surface area contributed by atoms with Crippen LogP contribution in [0, 0.1) is 0 Å². The predicted octanol–water partition coefficient (Wildman–Crippen LogP) is 3.08. The predicted molar refractivity (Wildman–Crippen MR) is 101 cm³/mol. The van der Waals surface area contributed by atoms with E-state index in [0.717, 1.165) is 22.7 Å². The van der Waals surface area contributed by atoms with Gasteiger partial charge >= 0.3 is 0 Å². The third-order valence-electron chi connectivity index (χ3n) is 3.14. The summed E-state index contributed by atoms with van der Waals surface area (Å²) in [5.41, 5.74) is 5.80. The zero-order valence-corrected chi connectivity index (χ0v) is 14.2. The van der Waals surface area contributed by atoms with Crippen LogP contribution in [0.2, 0.25) is 0 Å². The van der Waals surface area contributed by atoms with E-state index >= 15 is 0 Å². The van der Waals surface area contributed by atoms with Gasteiger partial charge in [0.25, 0.3) is 0 Å². The van der Waals surface area contributed by atoms with Crippen LogP contribution in [0.5, 0.6) is 5.75 Å². The van der Waals surface area contributed by atoms with E-state index in [-0.39, 0.29) is 0 Å². The molecule has 120 valence electrons. The molecular formula is C17H20N4OS. The monoisotopic (exact) mass is 328 g/mol. The Bertz CT molecular complexity index is 666. The molecule has 23 heavy (non-hydrogen) atoms. The summed E-state index contributed by atoms with van der Waals surface area (Å²) in [6.45, 7) is 0. The SMILES string of the molecule is COc1ccc(NC(=S)N/N=C\c2ccc(N(C)C)cc2)cc1. The highest BCUT2D eigenvalue weighted by molar-refractivity contribution is 7.80. The lowest BCUT2D eigenvalue weighted by Crippen LogP contribution is -2.23. The van der Waals surface area contributed by atoms with Crippen molar-refractivity contribution in [1.82, 2.24) is 5.43 Å². The minimum Gasteiger partial charge on any atom is -0.497 e. The molecule has 0 amide bonds. The van der Waals surface area contributed by atoms with Crippen LogP contribution in [0.3, 0.4) is 0 Å². The molecule has 0 radical (unpaired) electrons. The van der Waals surface area contributed by atoms with E-state index in [4.69, 9.17) is 17.0 Å². The van der Waals surface area contributed by atoms with Gasteiger partial charge in [0.2, 0.25) is 0 Å². The summed E-state index contributed by atoms with van der Waals surface area (Å²) >= 11 is 5.19. The number of methoxy groups -OCH3 is 1. The third kappa shape index (κ3) is 5.27. The number of rotatable bonds is 5. The zero-order chi connectivity index (χ0) is 16.7. The molecule has 0 fully saturated rings. The second kappa shape index (κ2) is 8.14. The number of thiocarbonyl (C=S) groups is 1. The highest BCUT2D eigenvalue weighted by Crippen LogP contribution is 2.14. The molecule has 0 aromatic heterocycles. The molecule has 0 atom stereocenters. The molecule has 0 spiro atoms. The molecule has 2 aromatic carbocycles. The fourth-order valence-electron chi connectivity index (χ4n) is 1.86. The van der Waals surface area contributed by atoms with Crippen LogP contribution in [0.25, 0.3) is 0 Å². The molecule has 0 aliphatic carbocycles. The maximum absolute atomic E-state index is 5.19. The second-order valence-corrected chi connectivity index (χ2v) is 5.45. The van der Waals surface area contributed by atoms with Crippen LogP contribution in [-0.2, 0) is 0 Å². The van der Waals surface area contributed by atoms with Crippen molar-refractivity contribution in [3.8, 4) is 5.75 Å². The standard InChI is InChI=1S/C17H20N4OS/c1-21(2)15-8-4-13(5-9-15)12-18-20-17(23)19-14-6-10-16(22-3)11-7-14/h4-12H,1-3H3,(H2,19,20,23)/b18-12-. The van der Waals surface area contributed by atoms with Gasteiger partial charge in [-0.25, -0.2) is 0 Å². The van der Waals surface area contributed by atoms with E-state index in [2.05, 4.69) is 15.8 Å². The van der Waals surface area contributed by atoms with Gasteiger partial charge in [0.1, 0.15) is 5.75 Å². The third-order valence-corrected chi connectivity index (χ3v) is 3.33. The molecule has 0 saturated heterocycles. The summed E-state index contributed by atoms with van der Waals surface area (Å²) in [7, 11) is 5.65. The number of ether oxygens (including phenoxy) is 1. The Hall–Kier alpha value is -2.60. The van der Waals surface area contributed by atoms with Crippen molar-refractivity contribution >= 4 is 34.9 Å². The van der Waals surface area contributed by atoms with E-state index in [0.29, 0.717) is 5.11 Å². The molecule has 0 unspecified atom stereocenters. The molecule has 0 aliphatic heterocycles. The molecule has 2 N–H and O–H groups in total. The molecule has 0 saturated carbocycles. The van der Waals surface area contributed by atoms with E-state index in [1.165, 1.54) is 0 Å². The number of nitrogens with one attached hydrogen (secondary N) is 2. The summed E-state index contributed by atoms with van der Waals surface area (Å²) in [5.74, 6) is 0.800. The maximum atomic E-state index is 5.19. The van der Waals surface area contributed by atoms with Crippen LogP contribution in [0.15, 0.2) is 53.6 Å². The van der Waals surface area contributed by atoms with Gasteiger partial charge in [0.05, 0.1) is 13.3 Å². The van der Waals surface area contributed by atoms with E-state index in [1.54, 1.807) is 13.3 Å². The van der Waals surface area contributed by atoms with Crippen LogP contribution in [0.4, 0.5) is 11.4 Å². The van der Waals surface area contributed by atoms with E-state index < -0.39 is 0 Å². The summed E-state index contributed by atoms with van der Waals surface area (Å²) in [5, 5.41) is 7.60. The quantitative estimate of drug-likeness (QED) is 0.502. The summed E-state index contributed by atoms with van der Waals surface area (Å²) in [6.07, 6.45) is 1.72. The molecular weight excluding hydrogens is 308 g/mol. The Morgan fingerprint density at radius 3 is 2.30 bits per heavy atom. The minimum absolute atomic E-state index is 0.427. The van der Waals surface area contributed by atoms with Crippen LogP contribution >= 0.6 is 12.2 Å². The number of hydrogen-bond acceptors (Lipinski definition) is 4. The molecule has 5 nitrogen and oxygen atoms in total. The number of hydrazone groups is 1. The molecule has 0 aliphatic rings. The zero-order valence-electron chi connectivity index (χ0n) is 13.4. The van der Waals surface area contributed by atoms with Gasteiger partial charge in [0, 0.05) is 25.5 Å². The normalized spacial score (nSPS) is 10.4. The Balaban J connectivity index is 1.85. The van der Waals surface area contributed by atoms with Gasteiger partial charge in [-0.15, -0.1) is 0 Å². The van der Waals surface area contributed by atoms with Gasteiger partial charge in [-0.3, -0.25) is 5.43 Å². The molecule has 0 heterocycles. The van der Waals surface area contributed by atoms with Crippen LogP contribution < -0.4 is 20.4 Å². The number of anilines is 2. The lowest BCUT2D eigenvalue weighted by molar-refractivity contribution is 0.415. The fraction of sp³-hybridized carbons (Fsp3) is 0.176. The largest absolute Gasteiger partial charge is 0.497 e. The number of nitrogens with zero attached hydrogens (tertiary/aromatic N) is 2. The van der Waals surface area contributed by atoms with Crippen molar-refractivity contribution in [2.45, 2.75) is 0 Å². The second-order valence-electron chi connectivity index (χ2n) is 5.04. The summed E-state index contributed by atoms with van der Waals surface area (Å²) in [6, 6.07) is 15.6. The first-order chi connectivity index (χ1) is 11.1. The van der Waals surface area contributed by atoms with Gasteiger partial charge < -0.3 is 15.0 Å². The molecule has 0 bridgehead atoms. The highest BCUT2D eigenvalue weighted by Gasteiger charge is 1.97. The molecule has 2 aromatic rings. The summed E-state index contributed by atoms with van der Waals surface area (Å²) in [4.78, 5) is 2.05. The van der Waals surface area contributed by atoms with Gasteiger partial charge in [0.15, 0.2) is 5.11 Å². The fourth-order valence-corrected chi connectivity index (χ4v) is 2.03. The average Bonchev–Trinajstić information content (AvgIpc) is 2.56. The number of benzene rings is 2. The Labute approximate surface area is 142 Å². The summed E-state index contributed by atoms with van der Waals surface area (Å²) < 4.78 is 5.11. The Morgan fingerprint density at radius 1 is 1.09 bits per heavy atom. The van der Waals surface area contributed by atoms with Crippen LogP contribution in [0.1, 0.15) is 5.56 Å². The van der Waals surface area contributed by atoms with Gasteiger partial charge in [-0.1, -0.05) is 12.1 Å². The van der Waals surface area contributed by atoms with Crippen molar-refractivity contribution in [3.05, 3.63) is 54.1 Å². The van der Waals surface area contributed by atoms with E-state index in [9.17, 15) is 0 Å².